The lowest BCUT2D eigenvalue weighted by atomic mass is 9.89. The van der Waals surface area contributed by atoms with Gasteiger partial charge in [-0.3, -0.25) is 14.2 Å². The first kappa shape index (κ1) is 18.8. The lowest BCUT2D eigenvalue weighted by molar-refractivity contribution is -0.131. The minimum absolute atomic E-state index is 0.0748. The summed E-state index contributed by atoms with van der Waals surface area (Å²) >= 11 is 1.60. The molecule has 0 bridgehead atoms. The van der Waals surface area contributed by atoms with Crippen molar-refractivity contribution in [1.29, 1.82) is 0 Å². The number of hydrogen-bond donors (Lipinski definition) is 0. The van der Waals surface area contributed by atoms with Crippen molar-refractivity contribution < 1.29 is 9.18 Å². The van der Waals surface area contributed by atoms with E-state index in [-0.39, 0.29) is 30.4 Å². The molecule has 0 saturated carbocycles. The Morgan fingerprint density at radius 1 is 1.43 bits per heavy atom. The van der Waals surface area contributed by atoms with E-state index in [0.29, 0.717) is 16.9 Å². The molecule has 1 atom stereocenters. The van der Waals surface area contributed by atoms with Gasteiger partial charge in [-0.1, -0.05) is 19.1 Å². The lowest BCUT2D eigenvalue weighted by Crippen LogP contribution is -2.33. The minimum Gasteiger partial charge on any atom is -0.340 e. The predicted molar refractivity (Wildman–Crippen MR) is 108 cm³/mol. The normalized spacial score (nSPS) is 16.2. The summed E-state index contributed by atoms with van der Waals surface area (Å²) in [5, 5.41) is 0.676. The molecule has 0 unspecified atom stereocenters. The van der Waals surface area contributed by atoms with Gasteiger partial charge in [0.1, 0.15) is 17.2 Å². The van der Waals surface area contributed by atoms with Crippen LogP contribution >= 0.6 is 11.3 Å². The Bertz CT molecular complexity index is 1100. The molecular formula is C21H22FN3O2S. The van der Waals surface area contributed by atoms with Crippen LogP contribution in [-0.2, 0) is 30.7 Å². The van der Waals surface area contributed by atoms with Crippen LogP contribution in [0.2, 0.25) is 0 Å². The summed E-state index contributed by atoms with van der Waals surface area (Å²) in [5.41, 5.74) is 1.67. The first-order valence-corrected chi connectivity index (χ1v) is 10.2. The van der Waals surface area contributed by atoms with Crippen LogP contribution in [0.15, 0.2) is 35.4 Å². The molecule has 1 amide bonds. The van der Waals surface area contributed by atoms with Crippen molar-refractivity contribution in [2.45, 2.75) is 39.3 Å². The van der Waals surface area contributed by atoms with Crippen molar-refractivity contribution in [1.82, 2.24) is 14.5 Å². The van der Waals surface area contributed by atoms with Crippen molar-refractivity contribution in [2.75, 3.05) is 7.05 Å². The number of carbonyl (C=O) groups is 1. The van der Waals surface area contributed by atoms with E-state index in [1.165, 1.54) is 32.8 Å². The number of nitrogens with zero attached hydrogens (tertiary/aromatic N) is 3. The fourth-order valence-electron chi connectivity index (χ4n) is 3.74. The maximum atomic E-state index is 13.3. The number of benzene rings is 1. The van der Waals surface area contributed by atoms with Crippen molar-refractivity contribution >= 4 is 27.5 Å². The van der Waals surface area contributed by atoms with E-state index >= 15 is 0 Å². The van der Waals surface area contributed by atoms with Crippen LogP contribution in [0.25, 0.3) is 10.2 Å². The van der Waals surface area contributed by atoms with E-state index in [0.717, 1.165) is 29.7 Å². The second-order valence-corrected chi connectivity index (χ2v) is 8.67. The summed E-state index contributed by atoms with van der Waals surface area (Å²) in [6, 6.07) is 6.16. The predicted octanol–water partition coefficient (Wildman–Crippen LogP) is 3.38. The average Bonchev–Trinajstić information content (AvgIpc) is 3.02. The SMILES string of the molecule is C[C@H]1CCc2c(sc3ncn(CC(=O)N(C)Cc4cccc(F)c4)c(=O)c23)C1. The fourth-order valence-corrected chi connectivity index (χ4v) is 5.08. The number of likely N-dealkylation sites (N-methyl/N-ethyl adjacent to an activating group) is 1. The van der Waals surface area contributed by atoms with E-state index in [2.05, 4.69) is 11.9 Å². The maximum absolute atomic E-state index is 13.3. The highest BCUT2D eigenvalue weighted by atomic mass is 32.1. The Labute approximate surface area is 166 Å². The van der Waals surface area contributed by atoms with Crippen molar-refractivity contribution in [2.24, 2.45) is 5.92 Å². The zero-order chi connectivity index (χ0) is 19.8. The van der Waals surface area contributed by atoms with Crippen molar-refractivity contribution in [3.8, 4) is 0 Å². The molecule has 3 aromatic rings. The Hall–Kier alpha value is -2.54. The molecule has 2 aromatic heterocycles. The third-order valence-electron chi connectivity index (χ3n) is 5.32. The highest BCUT2D eigenvalue weighted by Crippen LogP contribution is 2.35. The van der Waals surface area contributed by atoms with Crippen LogP contribution in [0.1, 0.15) is 29.3 Å². The number of aromatic nitrogens is 2. The van der Waals surface area contributed by atoms with Crippen LogP contribution in [-0.4, -0.2) is 27.4 Å². The van der Waals surface area contributed by atoms with Gasteiger partial charge in [-0.05, 0) is 48.4 Å². The summed E-state index contributed by atoms with van der Waals surface area (Å²) in [5.74, 6) is 0.0758. The molecule has 1 aliphatic rings. The first-order chi connectivity index (χ1) is 13.4. The lowest BCUT2D eigenvalue weighted by Gasteiger charge is -2.18. The molecule has 1 aromatic carbocycles. The van der Waals surface area contributed by atoms with Gasteiger partial charge < -0.3 is 4.90 Å². The van der Waals surface area contributed by atoms with E-state index in [9.17, 15) is 14.0 Å². The topological polar surface area (TPSA) is 55.2 Å². The zero-order valence-corrected chi connectivity index (χ0v) is 16.8. The second-order valence-electron chi connectivity index (χ2n) is 7.59. The number of halogens is 1. The number of fused-ring (bicyclic) bond motifs is 3. The third kappa shape index (κ3) is 3.58. The van der Waals surface area contributed by atoms with Crippen LogP contribution < -0.4 is 5.56 Å². The Morgan fingerprint density at radius 2 is 2.25 bits per heavy atom. The monoisotopic (exact) mass is 399 g/mol. The van der Waals surface area contributed by atoms with E-state index in [1.54, 1.807) is 30.5 Å². The largest absolute Gasteiger partial charge is 0.340 e. The average molecular weight is 399 g/mol. The highest BCUT2D eigenvalue weighted by Gasteiger charge is 2.23. The zero-order valence-electron chi connectivity index (χ0n) is 15.9. The van der Waals surface area contributed by atoms with Gasteiger partial charge in [-0.15, -0.1) is 11.3 Å². The molecule has 0 fully saturated rings. The van der Waals surface area contributed by atoms with Crippen LogP contribution in [0, 0.1) is 11.7 Å². The summed E-state index contributed by atoms with van der Waals surface area (Å²) in [4.78, 5) is 33.6. The van der Waals surface area contributed by atoms with E-state index < -0.39 is 0 Å². The van der Waals surface area contributed by atoms with E-state index in [1.807, 2.05) is 0 Å². The van der Waals surface area contributed by atoms with Gasteiger partial charge in [0.05, 0.1) is 11.7 Å². The minimum atomic E-state index is -0.333. The standard InChI is InChI=1S/C21H22FN3O2S/c1-13-6-7-16-17(8-13)28-20-19(16)21(27)25(12-23-20)11-18(26)24(2)10-14-4-3-5-15(22)9-14/h3-5,9,12-13H,6-8,10-11H2,1-2H3/t13-/m0/s1. The molecule has 1 aliphatic carbocycles. The summed E-state index contributed by atoms with van der Waals surface area (Å²) in [7, 11) is 1.65. The molecule has 28 heavy (non-hydrogen) atoms. The quantitative estimate of drug-likeness (QED) is 0.676. The Balaban J connectivity index is 1.57. The maximum Gasteiger partial charge on any atom is 0.262 e. The van der Waals surface area contributed by atoms with Crippen molar-refractivity contribution in [3.63, 3.8) is 0 Å². The molecule has 5 nitrogen and oxygen atoms in total. The molecule has 4 rings (SSSR count). The summed E-state index contributed by atoms with van der Waals surface area (Å²) in [6.45, 7) is 2.44. The number of carbonyl (C=O) groups excluding carboxylic acids is 1. The summed E-state index contributed by atoms with van der Waals surface area (Å²) < 4.78 is 14.7. The molecule has 0 N–H and O–H groups in total. The third-order valence-corrected chi connectivity index (χ3v) is 6.48. The number of hydrogen-bond acceptors (Lipinski definition) is 4. The van der Waals surface area contributed by atoms with Gasteiger partial charge in [0, 0.05) is 18.5 Å². The number of amides is 1. The van der Waals surface area contributed by atoms with Crippen LogP contribution in [0.4, 0.5) is 4.39 Å². The van der Waals surface area contributed by atoms with Gasteiger partial charge in [-0.2, -0.15) is 0 Å². The molecular weight excluding hydrogens is 377 g/mol. The molecule has 0 saturated heterocycles. The highest BCUT2D eigenvalue weighted by molar-refractivity contribution is 7.18. The Morgan fingerprint density at radius 3 is 3.04 bits per heavy atom. The smallest absolute Gasteiger partial charge is 0.262 e. The molecule has 0 aliphatic heterocycles. The molecule has 0 radical (unpaired) electrons. The van der Waals surface area contributed by atoms with Gasteiger partial charge in [0.25, 0.3) is 5.56 Å². The molecule has 146 valence electrons. The second kappa shape index (κ2) is 7.47. The first-order valence-electron chi connectivity index (χ1n) is 9.40. The number of thiophene rings is 1. The van der Waals surface area contributed by atoms with Gasteiger partial charge >= 0.3 is 0 Å². The van der Waals surface area contributed by atoms with Gasteiger partial charge in [0.2, 0.25) is 5.91 Å². The Kier molecular flexibility index (Phi) is 5.02. The molecule has 2 heterocycles. The van der Waals surface area contributed by atoms with Gasteiger partial charge in [0.15, 0.2) is 0 Å². The molecule has 0 spiro atoms. The summed E-state index contributed by atoms with van der Waals surface area (Å²) in [6.07, 6.45) is 4.42. The van der Waals surface area contributed by atoms with Crippen LogP contribution in [0.3, 0.4) is 0 Å². The van der Waals surface area contributed by atoms with E-state index in [4.69, 9.17) is 0 Å². The molecule has 7 heteroatoms. The van der Waals surface area contributed by atoms with Crippen molar-refractivity contribution in [3.05, 3.63) is 62.8 Å². The van der Waals surface area contributed by atoms with Gasteiger partial charge in [-0.25, -0.2) is 9.37 Å². The number of aryl methyl sites for hydroxylation is 1. The van der Waals surface area contributed by atoms with Crippen LogP contribution in [0.5, 0.6) is 0 Å². The fraction of sp³-hybridized carbons (Fsp3) is 0.381. The number of rotatable bonds is 4.